The summed E-state index contributed by atoms with van der Waals surface area (Å²) in [5.74, 6) is 2.11. The zero-order valence-electron chi connectivity index (χ0n) is 13.6. The van der Waals surface area contributed by atoms with Crippen molar-refractivity contribution >= 4 is 11.8 Å². The van der Waals surface area contributed by atoms with Gasteiger partial charge in [0.2, 0.25) is 0 Å². The first-order valence-corrected chi connectivity index (χ1v) is 9.64. The molecule has 4 rings (SSSR count). The number of ether oxygens (including phenoxy) is 1. The van der Waals surface area contributed by atoms with E-state index >= 15 is 0 Å². The van der Waals surface area contributed by atoms with Gasteiger partial charge in [0, 0.05) is 31.1 Å². The molecule has 0 unspecified atom stereocenters. The minimum atomic E-state index is -0.229. The number of hydrogen-bond donors (Lipinski definition) is 1. The third kappa shape index (κ3) is 3.36. The molecule has 1 spiro atoms. The van der Waals surface area contributed by atoms with Gasteiger partial charge in [-0.25, -0.2) is 9.07 Å². The molecule has 24 heavy (non-hydrogen) atoms. The smallest absolute Gasteiger partial charge is 0.123 e. The maximum Gasteiger partial charge on any atom is 0.123 e. The van der Waals surface area contributed by atoms with Crippen LogP contribution in [-0.2, 0) is 11.3 Å². The van der Waals surface area contributed by atoms with Crippen LogP contribution in [0.5, 0.6) is 0 Å². The highest BCUT2D eigenvalue weighted by molar-refractivity contribution is 7.99. The van der Waals surface area contributed by atoms with Gasteiger partial charge in [0.15, 0.2) is 0 Å². The Balaban J connectivity index is 1.41. The number of halogens is 1. The minimum Gasteiger partial charge on any atom is -0.374 e. The summed E-state index contributed by atoms with van der Waals surface area (Å²) in [6.45, 7) is 1.60. The van der Waals surface area contributed by atoms with Crippen LogP contribution in [0.4, 0.5) is 4.39 Å². The van der Waals surface area contributed by atoms with Crippen molar-refractivity contribution in [2.75, 3.05) is 18.1 Å². The molecule has 6 heteroatoms. The predicted octanol–water partition coefficient (Wildman–Crippen LogP) is 3.16. The fraction of sp³-hybridized carbons (Fsp3) is 0.500. The van der Waals surface area contributed by atoms with Crippen LogP contribution in [-0.4, -0.2) is 39.5 Å². The van der Waals surface area contributed by atoms with Crippen molar-refractivity contribution in [3.05, 3.63) is 48.0 Å². The Morgan fingerprint density at radius 2 is 2.21 bits per heavy atom. The van der Waals surface area contributed by atoms with Crippen LogP contribution < -0.4 is 5.32 Å². The molecular formula is C18H22FN3OS. The van der Waals surface area contributed by atoms with E-state index in [0.29, 0.717) is 6.04 Å². The fourth-order valence-corrected chi connectivity index (χ4v) is 4.97. The molecule has 128 valence electrons. The molecule has 2 aromatic rings. The Morgan fingerprint density at radius 3 is 3.00 bits per heavy atom. The van der Waals surface area contributed by atoms with E-state index < -0.39 is 0 Å². The lowest BCUT2D eigenvalue weighted by Gasteiger charge is -2.38. The molecule has 1 N–H and O–H groups in total. The molecular weight excluding hydrogens is 325 g/mol. The van der Waals surface area contributed by atoms with Crippen molar-refractivity contribution in [3.8, 4) is 5.69 Å². The first-order valence-electron chi connectivity index (χ1n) is 8.48. The van der Waals surface area contributed by atoms with E-state index in [2.05, 4.69) is 10.4 Å². The first-order chi connectivity index (χ1) is 11.7. The van der Waals surface area contributed by atoms with Crippen LogP contribution in [0.1, 0.15) is 25.0 Å². The van der Waals surface area contributed by atoms with Crippen LogP contribution in [0.25, 0.3) is 5.69 Å². The normalized spacial score (nSPS) is 27.0. The molecule has 4 nitrogen and oxygen atoms in total. The first kappa shape index (κ1) is 16.1. The minimum absolute atomic E-state index is 0.0950. The van der Waals surface area contributed by atoms with Crippen molar-refractivity contribution < 1.29 is 9.13 Å². The number of nitrogens with one attached hydrogen (secondary N) is 1. The Morgan fingerprint density at radius 1 is 1.33 bits per heavy atom. The Bertz CT molecular complexity index is 682. The topological polar surface area (TPSA) is 39.1 Å². The monoisotopic (exact) mass is 347 g/mol. The number of hydrogen-bond acceptors (Lipinski definition) is 4. The summed E-state index contributed by atoms with van der Waals surface area (Å²) in [6, 6.07) is 8.93. The Labute approximate surface area is 145 Å². The zero-order chi connectivity index (χ0) is 16.4. The van der Waals surface area contributed by atoms with E-state index in [4.69, 9.17) is 4.74 Å². The van der Waals surface area contributed by atoms with Gasteiger partial charge in [0.1, 0.15) is 5.82 Å². The summed E-state index contributed by atoms with van der Waals surface area (Å²) in [4.78, 5) is 0. The summed E-state index contributed by atoms with van der Waals surface area (Å²) in [5, 5.41) is 8.05. The van der Waals surface area contributed by atoms with Gasteiger partial charge in [-0.15, -0.1) is 0 Å². The van der Waals surface area contributed by atoms with Crippen LogP contribution in [0.3, 0.4) is 0 Å². The molecule has 0 bridgehead atoms. The number of rotatable bonds is 4. The van der Waals surface area contributed by atoms with Crippen molar-refractivity contribution in [1.29, 1.82) is 0 Å². The van der Waals surface area contributed by atoms with Gasteiger partial charge in [-0.1, -0.05) is 0 Å². The van der Waals surface area contributed by atoms with Gasteiger partial charge in [0.05, 0.1) is 17.0 Å². The average molecular weight is 347 g/mol. The summed E-state index contributed by atoms with van der Waals surface area (Å²) >= 11 is 2.00. The van der Waals surface area contributed by atoms with E-state index in [9.17, 15) is 4.39 Å². The molecule has 2 aliphatic heterocycles. The second kappa shape index (κ2) is 6.86. The van der Waals surface area contributed by atoms with E-state index in [1.807, 2.05) is 22.5 Å². The molecule has 1 aromatic carbocycles. The number of aromatic nitrogens is 2. The van der Waals surface area contributed by atoms with Gasteiger partial charge in [-0.3, -0.25) is 0 Å². The van der Waals surface area contributed by atoms with Gasteiger partial charge in [-0.2, -0.15) is 16.9 Å². The molecule has 1 aromatic heterocycles. The SMILES string of the molecule is Fc1ccc(-n2nccc2CN[C@H]2CCO[C@@]3(CCSC3)C2)cc1. The van der Waals surface area contributed by atoms with Gasteiger partial charge < -0.3 is 10.1 Å². The zero-order valence-corrected chi connectivity index (χ0v) is 14.4. The largest absolute Gasteiger partial charge is 0.374 e. The molecule has 0 radical (unpaired) electrons. The summed E-state index contributed by atoms with van der Waals surface area (Å²) in [5.41, 5.74) is 2.06. The molecule has 0 aliphatic carbocycles. The van der Waals surface area contributed by atoms with E-state index in [0.717, 1.165) is 43.1 Å². The number of nitrogens with zero attached hydrogens (tertiary/aromatic N) is 2. The Kier molecular flexibility index (Phi) is 4.61. The fourth-order valence-electron chi connectivity index (χ4n) is 3.59. The number of thioether (sulfide) groups is 1. The molecule has 2 saturated heterocycles. The highest BCUT2D eigenvalue weighted by Crippen LogP contribution is 2.38. The quantitative estimate of drug-likeness (QED) is 0.922. The molecule has 2 atom stereocenters. The summed E-state index contributed by atoms with van der Waals surface area (Å²) in [7, 11) is 0. The molecule has 0 saturated carbocycles. The average Bonchev–Trinajstić information content (AvgIpc) is 3.24. The van der Waals surface area contributed by atoms with Gasteiger partial charge >= 0.3 is 0 Å². The van der Waals surface area contributed by atoms with Crippen molar-refractivity contribution in [3.63, 3.8) is 0 Å². The van der Waals surface area contributed by atoms with Crippen LogP contribution in [0.15, 0.2) is 36.5 Å². The molecule has 0 amide bonds. The standard InChI is InChI=1S/C18H22FN3OS/c19-14-1-3-16(4-2-14)22-17(5-8-21-22)12-20-15-6-9-23-18(11-15)7-10-24-13-18/h1-5,8,15,20H,6-7,9-13H2/t15-,18-/m0/s1. The molecule has 2 fully saturated rings. The van der Waals surface area contributed by atoms with Gasteiger partial charge in [0.25, 0.3) is 0 Å². The van der Waals surface area contributed by atoms with Gasteiger partial charge in [-0.05, 0) is 55.3 Å². The lowest BCUT2D eigenvalue weighted by Crippen LogP contribution is -2.47. The molecule has 3 heterocycles. The van der Waals surface area contributed by atoms with E-state index in [-0.39, 0.29) is 11.4 Å². The third-order valence-electron chi connectivity index (χ3n) is 4.92. The van der Waals surface area contributed by atoms with Crippen molar-refractivity contribution in [2.24, 2.45) is 0 Å². The maximum absolute atomic E-state index is 13.1. The highest BCUT2D eigenvalue weighted by Gasteiger charge is 2.40. The van der Waals surface area contributed by atoms with Crippen molar-refractivity contribution in [1.82, 2.24) is 15.1 Å². The van der Waals surface area contributed by atoms with E-state index in [1.165, 1.54) is 24.3 Å². The number of benzene rings is 1. The van der Waals surface area contributed by atoms with Crippen LogP contribution >= 0.6 is 11.8 Å². The maximum atomic E-state index is 13.1. The highest BCUT2D eigenvalue weighted by atomic mass is 32.2. The lowest BCUT2D eigenvalue weighted by molar-refractivity contribution is -0.0703. The van der Waals surface area contributed by atoms with Crippen LogP contribution in [0.2, 0.25) is 0 Å². The lowest BCUT2D eigenvalue weighted by atomic mass is 9.90. The second-order valence-electron chi connectivity index (χ2n) is 6.62. The van der Waals surface area contributed by atoms with E-state index in [1.54, 1.807) is 18.3 Å². The summed E-state index contributed by atoms with van der Waals surface area (Å²) in [6.07, 6.45) is 5.10. The summed E-state index contributed by atoms with van der Waals surface area (Å²) < 4.78 is 21.1. The van der Waals surface area contributed by atoms with Crippen molar-refractivity contribution in [2.45, 2.75) is 37.5 Å². The predicted molar refractivity (Wildman–Crippen MR) is 94.0 cm³/mol. The second-order valence-corrected chi connectivity index (χ2v) is 7.72. The molecule has 2 aliphatic rings. The third-order valence-corrected chi connectivity index (χ3v) is 6.15. The van der Waals surface area contributed by atoms with Crippen LogP contribution in [0, 0.1) is 5.82 Å². The Hall–Kier alpha value is -1.37.